The van der Waals surface area contributed by atoms with Crippen molar-refractivity contribution in [2.45, 2.75) is 27.7 Å². The van der Waals surface area contributed by atoms with E-state index in [1.165, 1.54) is 24.3 Å². The second kappa shape index (κ2) is 5.77. The summed E-state index contributed by atoms with van der Waals surface area (Å²) in [5, 5.41) is 0.519. The zero-order valence-corrected chi connectivity index (χ0v) is 14.7. The summed E-state index contributed by atoms with van der Waals surface area (Å²) >= 11 is 11.8. The SMILES string of the molecule is CC1(C)C(=O)C=C(OC(=O)c2ccc(Cl)cc2Cl)C(C)(C)C1=O. The van der Waals surface area contributed by atoms with Crippen molar-refractivity contribution in [2.75, 3.05) is 0 Å². The fourth-order valence-corrected chi connectivity index (χ4v) is 2.94. The van der Waals surface area contributed by atoms with E-state index < -0.39 is 22.6 Å². The smallest absolute Gasteiger partial charge is 0.344 e. The molecule has 1 aromatic rings. The fraction of sp³-hybridized carbons (Fsp3) is 0.353. The molecule has 0 fully saturated rings. The Bertz CT molecular complexity index is 745. The summed E-state index contributed by atoms with van der Waals surface area (Å²) in [6.45, 7) is 6.35. The van der Waals surface area contributed by atoms with Crippen LogP contribution in [0.15, 0.2) is 30.0 Å². The Hall–Kier alpha value is -1.65. The molecular weight excluding hydrogens is 339 g/mol. The summed E-state index contributed by atoms with van der Waals surface area (Å²) in [5.74, 6) is -1.43. The number of ketones is 2. The zero-order chi connectivity index (χ0) is 17.6. The van der Waals surface area contributed by atoms with Crippen molar-refractivity contribution in [1.29, 1.82) is 0 Å². The predicted molar refractivity (Wildman–Crippen MR) is 87.5 cm³/mol. The summed E-state index contributed by atoms with van der Waals surface area (Å²) in [7, 11) is 0. The van der Waals surface area contributed by atoms with E-state index in [0.717, 1.165) is 0 Å². The lowest BCUT2D eigenvalue weighted by Crippen LogP contribution is -2.47. The number of hydrogen-bond acceptors (Lipinski definition) is 4. The predicted octanol–water partition coefficient (Wildman–Crippen LogP) is 4.24. The van der Waals surface area contributed by atoms with Gasteiger partial charge in [0.1, 0.15) is 5.76 Å². The average Bonchev–Trinajstić information content (AvgIpc) is 2.43. The molecule has 0 bridgehead atoms. The van der Waals surface area contributed by atoms with E-state index in [2.05, 4.69) is 0 Å². The molecular formula is C17H16Cl2O4. The highest BCUT2D eigenvalue weighted by atomic mass is 35.5. The summed E-state index contributed by atoms with van der Waals surface area (Å²) in [6.07, 6.45) is 1.21. The summed E-state index contributed by atoms with van der Waals surface area (Å²) in [4.78, 5) is 36.9. The van der Waals surface area contributed by atoms with Crippen LogP contribution >= 0.6 is 23.2 Å². The van der Waals surface area contributed by atoms with Gasteiger partial charge in [0.15, 0.2) is 11.6 Å². The Morgan fingerprint density at radius 3 is 2.22 bits per heavy atom. The molecule has 0 aliphatic heterocycles. The van der Waals surface area contributed by atoms with Crippen molar-refractivity contribution in [1.82, 2.24) is 0 Å². The van der Waals surface area contributed by atoms with Crippen LogP contribution in [0.5, 0.6) is 0 Å². The molecule has 0 heterocycles. The first-order valence-electron chi connectivity index (χ1n) is 6.96. The van der Waals surface area contributed by atoms with E-state index in [-0.39, 0.29) is 22.1 Å². The normalized spacial score (nSPS) is 19.3. The minimum atomic E-state index is -1.14. The van der Waals surface area contributed by atoms with Gasteiger partial charge in [-0.1, -0.05) is 23.2 Å². The molecule has 0 saturated heterocycles. The molecule has 0 amide bonds. The molecule has 0 atom stereocenters. The lowest BCUT2D eigenvalue weighted by atomic mass is 9.66. The minimum absolute atomic E-state index is 0.0165. The third-order valence-electron chi connectivity index (χ3n) is 3.98. The van der Waals surface area contributed by atoms with Crippen molar-refractivity contribution in [3.05, 3.63) is 45.6 Å². The molecule has 0 aromatic heterocycles. The highest BCUT2D eigenvalue weighted by Gasteiger charge is 2.50. The van der Waals surface area contributed by atoms with Gasteiger partial charge < -0.3 is 4.74 Å². The van der Waals surface area contributed by atoms with Crippen LogP contribution in [0.25, 0.3) is 0 Å². The van der Waals surface area contributed by atoms with Crippen molar-refractivity contribution < 1.29 is 19.1 Å². The van der Waals surface area contributed by atoms with Crippen LogP contribution in [-0.2, 0) is 14.3 Å². The van der Waals surface area contributed by atoms with E-state index in [9.17, 15) is 14.4 Å². The van der Waals surface area contributed by atoms with Crippen LogP contribution in [0.3, 0.4) is 0 Å². The number of ether oxygens (including phenoxy) is 1. The van der Waals surface area contributed by atoms with Gasteiger partial charge >= 0.3 is 5.97 Å². The number of carbonyl (C=O) groups is 3. The number of esters is 1. The van der Waals surface area contributed by atoms with Crippen LogP contribution < -0.4 is 0 Å². The standard InChI is InChI=1S/C17H16Cl2O4/c1-16(2)12(20)8-13(17(3,4)15(16)22)23-14(21)10-6-5-9(18)7-11(10)19/h5-8H,1-4H3. The molecule has 1 aliphatic carbocycles. The molecule has 0 saturated carbocycles. The Kier molecular flexibility index (Phi) is 4.44. The fourth-order valence-electron chi connectivity index (χ4n) is 2.45. The third kappa shape index (κ3) is 3.06. The number of allylic oxidation sites excluding steroid dienone is 2. The van der Waals surface area contributed by atoms with E-state index in [0.29, 0.717) is 5.02 Å². The van der Waals surface area contributed by atoms with Gasteiger partial charge in [-0.2, -0.15) is 0 Å². The van der Waals surface area contributed by atoms with Gasteiger partial charge in [0.2, 0.25) is 0 Å². The van der Waals surface area contributed by atoms with Crippen LogP contribution in [-0.4, -0.2) is 17.5 Å². The second-order valence-corrected chi connectivity index (χ2v) is 7.31. The Balaban J connectivity index is 2.37. The van der Waals surface area contributed by atoms with Crippen molar-refractivity contribution in [3.8, 4) is 0 Å². The molecule has 0 spiro atoms. The maximum absolute atomic E-state index is 12.5. The molecule has 0 unspecified atom stereocenters. The average molecular weight is 355 g/mol. The van der Waals surface area contributed by atoms with Crippen LogP contribution in [0.2, 0.25) is 10.0 Å². The largest absolute Gasteiger partial charge is 0.426 e. The molecule has 6 heteroatoms. The van der Waals surface area contributed by atoms with Gasteiger partial charge in [0.05, 0.1) is 21.4 Å². The number of hydrogen-bond donors (Lipinski definition) is 0. The summed E-state index contributed by atoms with van der Waals surface area (Å²) in [6, 6.07) is 4.35. The molecule has 0 radical (unpaired) electrons. The van der Waals surface area contributed by atoms with Gasteiger partial charge in [0, 0.05) is 11.1 Å². The molecule has 1 aliphatic rings. The number of halogens is 2. The maximum Gasteiger partial charge on any atom is 0.344 e. The van der Waals surface area contributed by atoms with E-state index >= 15 is 0 Å². The summed E-state index contributed by atoms with van der Waals surface area (Å²) in [5.41, 5.74) is -2.12. The third-order valence-corrected chi connectivity index (χ3v) is 4.53. The molecule has 0 N–H and O–H groups in total. The van der Waals surface area contributed by atoms with E-state index in [1.54, 1.807) is 27.7 Å². The molecule has 4 nitrogen and oxygen atoms in total. The number of benzene rings is 1. The lowest BCUT2D eigenvalue weighted by molar-refractivity contribution is -0.143. The van der Waals surface area contributed by atoms with Crippen LogP contribution in [0.4, 0.5) is 0 Å². The van der Waals surface area contributed by atoms with E-state index in [1.807, 2.05) is 0 Å². The molecule has 122 valence electrons. The van der Waals surface area contributed by atoms with Gasteiger partial charge in [-0.05, 0) is 45.9 Å². The van der Waals surface area contributed by atoms with Crippen molar-refractivity contribution in [2.24, 2.45) is 10.8 Å². The van der Waals surface area contributed by atoms with Gasteiger partial charge in [-0.3, -0.25) is 9.59 Å². The minimum Gasteiger partial charge on any atom is -0.426 e. The Morgan fingerprint density at radius 1 is 1.04 bits per heavy atom. The Morgan fingerprint density at radius 2 is 1.65 bits per heavy atom. The maximum atomic E-state index is 12.5. The van der Waals surface area contributed by atoms with Crippen LogP contribution in [0.1, 0.15) is 38.1 Å². The first-order chi connectivity index (χ1) is 10.5. The molecule has 1 aromatic carbocycles. The highest BCUT2D eigenvalue weighted by Crippen LogP contribution is 2.41. The van der Waals surface area contributed by atoms with Crippen LogP contribution in [0, 0.1) is 10.8 Å². The molecule has 23 heavy (non-hydrogen) atoms. The number of rotatable bonds is 2. The first kappa shape index (κ1) is 17.7. The van der Waals surface area contributed by atoms with E-state index in [4.69, 9.17) is 27.9 Å². The number of carbonyl (C=O) groups excluding carboxylic acids is 3. The van der Waals surface area contributed by atoms with Gasteiger partial charge in [-0.15, -0.1) is 0 Å². The monoisotopic (exact) mass is 354 g/mol. The zero-order valence-electron chi connectivity index (χ0n) is 13.2. The number of Topliss-reactive ketones (excluding diaryl/α,β-unsaturated/α-hetero) is 1. The lowest BCUT2D eigenvalue weighted by Gasteiger charge is -2.36. The summed E-state index contributed by atoms with van der Waals surface area (Å²) < 4.78 is 5.30. The first-order valence-corrected chi connectivity index (χ1v) is 7.72. The topological polar surface area (TPSA) is 60.4 Å². The Labute approximate surface area is 144 Å². The highest BCUT2D eigenvalue weighted by molar-refractivity contribution is 6.36. The van der Waals surface area contributed by atoms with Crippen molar-refractivity contribution >= 4 is 40.7 Å². The second-order valence-electron chi connectivity index (χ2n) is 6.47. The van der Waals surface area contributed by atoms with Gasteiger partial charge in [0.25, 0.3) is 0 Å². The quantitative estimate of drug-likeness (QED) is 0.588. The van der Waals surface area contributed by atoms with Gasteiger partial charge in [-0.25, -0.2) is 4.79 Å². The molecule has 2 rings (SSSR count). The van der Waals surface area contributed by atoms with Crippen molar-refractivity contribution in [3.63, 3.8) is 0 Å².